The number of nitrogens with one attached hydrogen (secondary N) is 1. The van der Waals surface area contributed by atoms with Crippen molar-refractivity contribution in [2.24, 2.45) is 0 Å². The summed E-state index contributed by atoms with van der Waals surface area (Å²) in [4.78, 5) is 27.9. The molecule has 1 saturated carbocycles. The number of aromatic nitrogens is 3. The minimum absolute atomic E-state index is 0.177. The molecule has 1 amide bonds. The van der Waals surface area contributed by atoms with Gasteiger partial charge in [0.1, 0.15) is 11.6 Å². The number of nitrogens with zero attached hydrogens (tertiary/aromatic N) is 3. The van der Waals surface area contributed by atoms with Gasteiger partial charge in [-0.1, -0.05) is 11.6 Å². The molecule has 0 aromatic carbocycles. The van der Waals surface area contributed by atoms with Crippen molar-refractivity contribution in [3.63, 3.8) is 0 Å². The Bertz CT molecular complexity index is 855. The van der Waals surface area contributed by atoms with Crippen LogP contribution in [0.3, 0.4) is 0 Å². The van der Waals surface area contributed by atoms with E-state index in [0.29, 0.717) is 22.9 Å². The smallest absolute Gasteiger partial charge is 0.349 e. The highest BCUT2D eigenvalue weighted by Gasteiger charge is 2.32. The fraction of sp³-hybridized carbons (Fsp3) is 0.400. The Balaban J connectivity index is 1.69. The van der Waals surface area contributed by atoms with Gasteiger partial charge in [-0.25, -0.2) is 4.98 Å². The number of pyridine rings is 1. The second-order valence-electron chi connectivity index (χ2n) is 5.81. The van der Waals surface area contributed by atoms with Crippen LogP contribution in [0.15, 0.2) is 29.6 Å². The van der Waals surface area contributed by atoms with Gasteiger partial charge in [0.2, 0.25) is 5.91 Å². The van der Waals surface area contributed by atoms with Crippen LogP contribution in [-0.4, -0.2) is 20.0 Å². The van der Waals surface area contributed by atoms with E-state index in [9.17, 15) is 22.8 Å². The van der Waals surface area contributed by atoms with Gasteiger partial charge in [-0.05, 0) is 18.9 Å². The third-order valence-corrected chi connectivity index (χ3v) is 4.11. The van der Waals surface area contributed by atoms with E-state index in [1.165, 1.54) is 0 Å². The van der Waals surface area contributed by atoms with Crippen LogP contribution in [0, 0.1) is 0 Å². The third kappa shape index (κ3) is 4.04. The molecule has 0 saturated heterocycles. The summed E-state index contributed by atoms with van der Waals surface area (Å²) in [6, 6.07) is 0.936. The van der Waals surface area contributed by atoms with Crippen molar-refractivity contribution in [3.8, 4) is 0 Å². The maximum absolute atomic E-state index is 12.8. The van der Waals surface area contributed by atoms with Crippen molar-refractivity contribution in [1.29, 1.82) is 0 Å². The molecule has 0 aliphatic heterocycles. The standard InChI is InChI=1S/C15H14ClF3N4O2/c16-12-3-9(15(17,18)19)6-22(14(12)25)7-13(24)21-5-11-4-20-8-23(11)10-1-2-10/h3-4,6,8,10H,1-2,5,7H2,(H,21,24). The highest BCUT2D eigenvalue weighted by atomic mass is 35.5. The van der Waals surface area contributed by atoms with Gasteiger partial charge < -0.3 is 14.5 Å². The number of carbonyl (C=O) groups is 1. The first kappa shape index (κ1) is 17.5. The quantitative estimate of drug-likeness (QED) is 0.873. The normalized spacial score (nSPS) is 14.6. The molecular weight excluding hydrogens is 361 g/mol. The molecule has 0 unspecified atom stereocenters. The fourth-order valence-electron chi connectivity index (χ4n) is 2.42. The number of hydrogen-bond acceptors (Lipinski definition) is 3. The summed E-state index contributed by atoms with van der Waals surface area (Å²) in [5.41, 5.74) is -1.14. The highest BCUT2D eigenvalue weighted by Crippen LogP contribution is 2.35. The van der Waals surface area contributed by atoms with Gasteiger partial charge in [0.25, 0.3) is 5.56 Å². The van der Waals surface area contributed by atoms with Crippen molar-refractivity contribution in [2.75, 3.05) is 0 Å². The number of imidazole rings is 1. The molecule has 2 aromatic rings. The maximum atomic E-state index is 12.8. The van der Waals surface area contributed by atoms with Crippen molar-refractivity contribution in [2.45, 2.75) is 38.1 Å². The summed E-state index contributed by atoms with van der Waals surface area (Å²) in [5, 5.41) is 1.99. The maximum Gasteiger partial charge on any atom is 0.417 e. The first-order chi connectivity index (χ1) is 11.8. The van der Waals surface area contributed by atoms with Crippen molar-refractivity contribution >= 4 is 17.5 Å². The molecule has 10 heteroatoms. The van der Waals surface area contributed by atoms with E-state index < -0.39 is 34.8 Å². The van der Waals surface area contributed by atoms with E-state index >= 15 is 0 Å². The lowest BCUT2D eigenvalue weighted by molar-refractivity contribution is -0.138. The predicted molar refractivity (Wildman–Crippen MR) is 83.1 cm³/mol. The SMILES string of the molecule is O=C(Cn1cc(C(F)(F)F)cc(Cl)c1=O)NCc1cncn1C1CC1. The summed E-state index contributed by atoms with van der Waals surface area (Å²) in [5.74, 6) is -0.596. The second kappa shape index (κ2) is 6.55. The largest absolute Gasteiger partial charge is 0.417 e. The van der Waals surface area contributed by atoms with E-state index in [0.717, 1.165) is 18.5 Å². The Morgan fingerprint density at radius 1 is 1.40 bits per heavy atom. The van der Waals surface area contributed by atoms with Crippen LogP contribution in [0.5, 0.6) is 0 Å². The van der Waals surface area contributed by atoms with Crippen LogP contribution in [0.4, 0.5) is 13.2 Å². The molecule has 0 radical (unpaired) electrons. The molecule has 1 fully saturated rings. The van der Waals surface area contributed by atoms with Gasteiger partial charge in [0, 0.05) is 18.4 Å². The molecule has 1 aliphatic carbocycles. The van der Waals surface area contributed by atoms with Gasteiger partial charge in [0.05, 0.1) is 24.1 Å². The molecule has 0 atom stereocenters. The lowest BCUT2D eigenvalue weighted by atomic mass is 10.2. The number of amides is 1. The van der Waals surface area contributed by atoms with Crippen molar-refractivity contribution in [1.82, 2.24) is 19.4 Å². The van der Waals surface area contributed by atoms with E-state index in [1.807, 2.05) is 4.57 Å². The molecule has 0 bridgehead atoms. The molecule has 134 valence electrons. The van der Waals surface area contributed by atoms with Crippen LogP contribution in [-0.2, 0) is 24.1 Å². The van der Waals surface area contributed by atoms with Gasteiger partial charge in [-0.15, -0.1) is 0 Å². The summed E-state index contributed by atoms with van der Waals surface area (Å²) < 4.78 is 41.0. The van der Waals surface area contributed by atoms with Crippen molar-refractivity contribution in [3.05, 3.63) is 51.4 Å². The van der Waals surface area contributed by atoms with E-state index in [2.05, 4.69) is 10.3 Å². The van der Waals surface area contributed by atoms with Crippen LogP contribution in [0.1, 0.15) is 30.1 Å². The Hall–Kier alpha value is -2.29. The summed E-state index contributed by atoms with van der Waals surface area (Å²) in [6.45, 7) is -0.378. The molecule has 2 heterocycles. The topological polar surface area (TPSA) is 68.9 Å². The first-order valence-corrected chi connectivity index (χ1v) is 7.88. The molecule has 2 aromatic heterocycles. The molecule has 3 rings (SSSR count). The molecule has 0 spiro atoms. The van der Waals surface area contributed by atoms with Crippen LogP contribution < -0.4 is 10.9 Å². The zero-order chi connectivity index (χ0) is 18.2. The number of alkyl halides is 3. The zero-order valence-corrected chi connectivity index (χ0v) is 13.6. The first-order valence-electron chi connectivity index (χ1n) is 7.50. The fourth-order valence-corrected chi connectivity index (χ4v) is 2.65. The average Bonchev–Trinajstić information content (AvgIpc) is 3.27. The van der Waals surface area contributed by atoms with Crippen molar-refractivity contribution < 1.29 is 18.0 Å². The molecule has 25 heavy (non-hydrogen) atoms. The molecule has 6 nitrogen and oxygen atoms in total. The summed E-state index contributed by atoms with van der Waals surface area (Å²) in [6.07, 6.45) is 1.32. The van der Waals surface area contributed by atoms with Crippen LogP contribution in [0.2, 0.25) is 5.02 Å². The Kier molecular flexibility index (Phi) is 4.59. The Morgan fingerprint density at radius 2 is 2.12 bits per heavy atom. The predicted octanol–water partition coefficient (Wildman–Crippen LogP) is 2.37. The zero-order valence-electron chi connectivity index (χ0n) is 12.9. The third-order valence-electron chi connectivity index (χ3n) is 3.84. The average molecular weight is 375 g/mol. The number of carbonyl (C=O) groups excluding carboxylic acids is 1. The van der Waals surface area contributed by atoms with Gasteiger partial charge in [-0.2, -0.15) is 13.2 Å². The molecule has 1 N–H and O–H groups in total. The monoisotopic (exact) mass is 374 g/mol. The minimum atomic E-state index is -4.66. The highest BCUT2D eigenvalue weighted by molar-refractivity contribution is 6.30. The molecular formula is C15H14ClF3N4O2. The Labute approximate surface area is 145 Å². The Morgan fingerprint density at radius 3 is 2.76 bits per heavy atom. The summed E-state index contributed by atoms with van der Waals surface area (Å²) >= 11 is 5.55. The summed E-state index contributed by atoms with van der Waals surface area (Å²) in [7, 11) is 0. The van der Waals surface area contributed by atoms with Crippen LogP contribution in [0.25, 0.3) is 0 Å². The van der Waals surface area contributed by atoms with E-state index in [4.69, 9.17) is 11.6 Å². The number of rotatable bonds is 5. The lowest BCUT2D eigenvalue weighted by Gasteiger charge is -2.12. The van der Waals surface area contributed by atoms with E-state index in [1.54, 1.807) is 12.5 Å². The van der Waals surface area contributed by atoms with Gasteiger partial charge >= 0.3 is 6.18 Å². The lowest BCUT2D eigenvalue weighted by Crippen LogP contribution is -2.33. The number of halogens is 4. The van der Waals surface area contributed by atoms with Gasteiger partial charge in [0.15, 0.2) is 0 Å². The van der Waals surface area contributed by atoms with Gasteiger partial charge in [-0.3, -0.25) is 9.59 Å². The van der Waals surface area contributed by atoms with Crippen LogP contribution >= 0.6 is 11.6 Å². The minimum Gasteiger partial charge on any atom is -0.349 e. The molecule has 1 aliphatic rings. The number of hydrogen-bond donors (Lipinski definition) is 1. The second-order valence-corrected chi connectivity index (χ2v) is 6.21. The van der Waals surface area contributed by atoms with E-state index in [-0.39, 0.29) is 6.54 Å².